The number of fused-ring (bicyclic) bond motifs is 1. The SMILES string of the molecule is Cc1[nH]c2ccccc2c1[C@H](CC(=O)c1ccc(Br)cc1)C(=O)O. The number of carboxylic acids is 1. The number of carbonyl (C=O) groups excluding carboxylic acids is 1. The highest BCUT2D eigenvalue weighted by atomic mass is 79.9. The van der Waals surface area contributed by atoms with Gasteiger partial charge < -0.3 is 10.1 Å². The van der Waals surface area contributed by atoms with Gasteiger partial charge in [-0.25, -0.2) is 0 Å². The van der Waals surface area contributed by atoms with Crippen LogP contribution < -0.4 is 0 Å². The molecule has 0 spiro atoms. The third-order valence-electron chi connectivity index (χ3n) is 4.15. The molecule has 0 bridgehead atoms. The Hall–Kier alpha value is -2.40. The van der Waals surface area contributed by atoms with Crippen molar-refractivity contribution in [3.05, 3.63) is 69.8 Å². The number of H-pyrrole nitrogens is 1. The molecule has 1 aromatic heterocycles. The van der Waals surface area contributed by atoms with E-state index in [1.54, 1.807) is 24.3 Å². The van der Waals surface area contributed by atoms with E-state index in [2.05, 4.69) is 20.9 Å². The Labute approximate surface area is 147 Å². The summed E-state index contributed by atoms with van der Waals surface area (Å²) in [5.41, 5.74) is 2.87. The van der Waals surface area contributed by atoms with E-state index in [-0.39, 0.29) is 12.2 Å². The number of aromatic nitrogens is 1. The number of aryl methyl sites for hydroxylation is 1. The number of hydrogen-bond acceptors (Lipinski definition) is 2. The van der Waals surface area contributed by atoms with Gasteiger partial charge in [0.2, 0.25) is 0 Å². The van der Waals surface area contributed by atoms with E-state index in [4.69, 9.17) is 0 Å². The Bertz CT molecular complexity index is 912. The zero-order chi connectivity index (χ0) is 17.3. The minimum atomic E-state index is -0.992. The molecule has 0 saturated heterocycles. The number of hydrogen-bond donors (Lipinski definition) is 2. The molecule has 24 heavy (non-hydrogen) atoms. The highest BCUT2D eigenvalue weighted by Gasteiger charge is 2.28. The molecule has 0 radical (unpaired) electrons. The third-order valence-corrected chi connectivity index (χ3v) is 4.67. The van der Waals surface area contributed by atoms with Crippen molar-refractivity contribution in [1.82, 2.24) is 4.98 Å². The Morgan fingerprint density at radius 1 is 1.12 bits per heavy atom. The summed E-state index contributed by atoms with van der Waals surface area (Å²) < 4.78 is 0.876. The number of rotatable bonds is 5. The Kier molecular flexibility index (Phi) is 4.53. The Morgan fingerprint density at radius 2 is 1.79 bits per heavy atom. The van der Waals surface area contributed by atoms with Crippen molar-refractivity contribution in [1.29, 1.82) is 0 Å². The van der Waals surface area contributed by atoms with Crippen LogP contribution in [0.5, 0.6) is 0 Å². The predicted octanol–water partition coefficient (Wildman–Crippen LogP) is 4.68. The van der Waals surface area contributed by atoms with E-state index in [1.807, 2.05) is 31.2 Å². The van der Waals surface area contributed by atoms with Gasteiger partial charge in [0.15, 0.2) is 5.78 Å². The van der Waals surface area contributed by atoms with Gasteiger partial charge in [0.25, 0.3) is 0 Å². The molecule has 0 fully saturated rings. The fraction of sp³-hybridized carbons (Fsp3) is 0.158. The van der Waals surface area contributed by atoms with Crippen LogP contribution in [0.2, 0.25) is 0 Å². The molecule has 0 amide bonds. The molecule has 5 heteroatoms. The van der Waals surface area contributed by atoms with Gasteiger partial charge in [0.1, 0.15) is 0 Å². The number of carboxylic acid groups (broad SMARTS) is 1. The fourth-order valence-electron chi connectivity index (χ4n) is 3.00. The maximum Gasteiger partial charge on any atom is 0.311 e. The number of ketones is 1. The van der Waals surface area contributed by atoms with Crippen molar-refractivity contribution in [2.24, 2.45) is 0 Å². The first-order valence-corrected chi connectivity index (χ1v) is 8.35. The van der Waals surface area contributed by atoms with Crippen LogP contribution in [0.4, 0.5) is 0 Å². The average Bonchev–Trinajstić information content (AvgIpc) is 2.88. The lowest BCUT2D eigenvalue weighted by molar-refractivity contribution is -0.138. The second-order valence-corrected chi connectivity index (χ2v) is 6.65. The third kappa shape index (κ3) is 3.12. The second-order valence-electron chi connectivity index (χ2n) is 5.73. The summed E-state index contributed by atoms with van der Waals surface area (Å²) in [6, 6.07) is 14.5. The number of Topliss-reactive ketones (excluding diaryl/α,β-unsaturated/α-hetero) is 1. The Balaban J connectivity index is 1.98. The number of aromatic amines is 1. The highest BCUT2D eigenvalue weighted by Crippen LogP contribution is 2.32. The van der Waals surface area contributed by atoms with Gasteiger partial charge in [-0.05, 0) is 30.7 Å². The Morgan fingerprint density at radius 3 is 2.46 bits per heavy atom. The van der Waals surface area contributed by atoms with Crippen molar-refractivity contribution in [2.45, 2.75) is 19.3 Å². The van der Waals surface area contributed by atoms with Crippen molar-refractivity contribution < 1.29 is 14.7 Å². The molecule has 1 atom stereocenters. The van der Waals surface area contributed by atoms with Crippen LogP contribution in [0.15, 0.2) is 53.0 Å². The van der Waals surface area contributed by atoms with E-state index >= 15 is 0 Å². The lowest BCUT2D eigenvalue weighted by atomic mass is 9.89. The second kappa shape index (κ2) is 6.61. The van der Waals surface area contributed by atoms with Crippen LogP contribution in [0.1, 0.15) is 34.0 Å². The summed E-state index contributed by atoms with van der Waals surface area (Å²) in [4.78, 5) is 27.6. The molecule has 0 aliphatic rings. The smallest absolute Gasteiger partial charge is 0.311 e. The first kappa shape index (κ1) is 16.5. The molecule has 1 heterocycles. The monoisotopic (exact) mass is 385 g/mol. The number of halogens is 1. The molecule has 0 saturated carbocycles. The normalized spacial score (nSPS) is 12.2. The quantitative estimate of drug-likeness (QED) is 0.626. The molecule has 3 rings (SSSR count). The van der Waals surface area contributed by atoms with Crippen LogP contribution in [-0.2, 0) is 4.79 Å². The van der Waals surface area contributed by atoms with Crippen LogP contribution in [0.3, 0.4) is 0 Å². The number of nitrogens with one attached hydrogen (secondary N) is 1. The topological polar surface area (TPSA) is 70.2 Å². The maximum atomic E-state index is 12.5. The van der Waals surface area contributed by atoms with Gasteiger partial charge in [-0.3, -0.25) is 9.59 Å². The predicted molar refractivity (Wildman–Crippen MR) is 96.5 cm³/mol. The first-order chi connectivity index (χ1) is 11.5. The van der Waals surface area contributed by atoms with Gasteiger partial charge >= 0.3 is 5.97 Å². The van der Waals surface area contributed by atoms with E-state index in [0.29, 0.717) is 11.1 Å². The fourth-order valence-corrected chi connectivity index (χ4v) is 3.26. The maximum absolute atomic E-state index is 12.5. The molecule has 3 aromatic rings. The van der Waals surface area contributed by atoms with Gasteiger partial charge in [0, 0.05) is 33.1 Å². The molecular formula is C19H16BrNO3. The minimum Gasteiger partial charge on any atom is -0.481 e. The lowest BCUT2D eigenvalue weighted by Crippen LogP contribution is -2.17. The standard InChI is InChI=1S/C19H16BrNO3/c1-11-18(14-4-2-3-5-16(14)21-11)15(19(23)24)10-17(22)12-6-8-13(20)9-7-12/h2-9,15,21H,10H2,1H3,(H,23,24)/t15-/m0/s1. The average molecular weight is 386 g/mol. The van der Waals surface area contributed by atoms with Crippen LogP contribution in [-0.4, -0.2) is 21.8 Å². The van der Waals surface area contributed by atoms with Crippen LogP contribution in [0.25, 0.3) is 10.9 Å². The summed E-state index contributed by atoms with van der Waals surface area (Å²) in [6.45, 7) is 1.84. The van der Waals surface area contributed by atoms with E-state index in [9.17, 15) is 14.7 Å². The number of aliphatic carboxylic acids is 1. The molecule has 122 valence electrons. The number of para-hydroxylation sites is 1. The summed E-state index contributed by atoms with van der Waals surface area (Å²) in [5.74, 6) is -2.05. The number of benzene rings is 2. The molecule has 0 aliphatic carbocycles. The minimum absolute atomic E-state index is 0.0698. The van der Waals surface area contributed by atoms with Gasteiger partial charge in [-0.15, -0.1) is 0 Å². The zero-order valence-electron chi connectivity index (χ0n) is 13.0. The van der Waals surface area contributed by atoms with Gasteiger partial charge in [-0.2, -0.15) is 0 Å². The zero-order valence-corrected chi connectivity index (χ0v) is 14.6. The molecule has 2 aromatic carbocycles. The van der Waals surface area contributed by atoms with Gasteiger partial charge in [0.05, 0.1) is 5.92 Å². The largest absolute Gasteiger partial charge is 0.481 e. The molecule has 4 nitrogen and oxygen atoms in total. The molecule has 0 unspecified atom stereocenters. The first-order valence-electron chi connectivity index (χ1n) is 7.56. The van der Waals surface area contributed by atoms with Crippen LogP contribution in [0, 0.1) is 6.92 Å². The van der Waals surface area contributed by atoms with Crippen molar-refractivity contribution in [3.8, 4) is 0 Å². The lowest BCUT2D eigenvalue weighted by Gasteiger charge is -2.13. The molecule has 2 N–H and O–H groups in total. The van der Waals surface area contributed by atoms with Crippen LogP contribution >= 0.6 is 15.9 Å². The number of carbonyl (C=O) groups is 2. The van der Waals surface area contributed by atoms with Crippen molar-refractivity contribution >= 4 is 38.6 Å². The van der Waals surface area contributed by atoms with E-state index < -0.39 is 11.9 Å². The summed E-state index contributed by atoms with van der Waals surface area (Å²) in [7, 11) is 0. The highest BCUT2D eigenvalue weighted by molar-refractivity contribution is 9.10. The van der Waals surface area contributed by atoms with Crippen molar-refractivity contribution in [2.75, 3.05) is 0 Å². The molecular weight excluding hydrogens is 370 g/mol. The van der Waals surface area contributed by atoms with Crippen molar-refractivity contribution in [3.63, 3.8) is 0 Å². The summed E-state index contributed by atoms with van der Waals surface area (Å²) in [5, 5.41) is 10.5. The summed E-state index contributed by atoms with van der Waals surface area (Å²) >= 11 is 3.33. The van der Waals surface area contributed by atoms with E-state index in [0.717, 1.165) is 21.1 Å². The summed E-state index contributed by atoms with van der Waals surface area (Å²) in [6.07, 6.45) is -0.0698. The molecule has 0 aliphatic heterocycles. The van der Waals surface area contributed by atoms with Gasteiger partial charge in [-0.1, -0.05) is 46.3 Å². The van der Waals surface area contributed by atoms with E-state index in [1.165, 1.54) is 0 Å².